The van der Waals surface area contributed by atoms with Crippen LogP contribution in [0.1, 0.15) is 13.8 Å². The second kappa shape index (κ2) is 7.29. The van der Waals surface area contributed by atoms with Crippen LogP contribution >= 0.6 is 0 Å². The fraction of sp³-hybridized carbons (Fsp3) is 0.533. The molecule has 0 bridgehead atoms. The summed E-state index contributed by atoms with van der Waals surface area (Å²) in [6.45, 7) is -0.567. The Hall–Kier alpha value is -3.04. The number of hydrogen-bond donors (Lipinski definition) is 2. The van der Waals surface area contributed by atoms with Gasteiger partial charge in [-0.3, -0.25) is 23.9 Å². The van der Waals surface area contributed by atoms with Gasteiger partial charge in [0, 0.05) is 26.1 Å². The molecular formula is C15H16FN3O8. The van der Waals surface area contributed by atoms with Gasteiger partial charge in [-0.1, -0.05) is 0 Å². The summed E-state index contributed by atoms with van der Waals surface area (Å²) in [5.74, 6) is -1.89. The van der Waals surface area contributed by atoms with Crippen LogP contribution in [0.25, 0.3) is 0 Å². The average Bonchev–Trinajstić information content (AvgIpc) is 2.85. The molecule has 0 saturated carbocycles. The lowest BCUT2D eigenvalue weighted by atomic mass is 9.94. The number of aliphatic hydroxyl groups is 1. The van der Waals surface area contributed by atoms with Crippen LogP contribution in [0.4, 0.5) is 4.39 Å². The van der Waals surface area contributed by atoms with Crippen molar-refractivity contribution in [2.45, 2.75) is 37.4 Å². The van der Waals surface area contributed by atoms with Crippen LogP contribution in [0, 0.1) is 11.3 Å². The number of aliphatic hydroxyl groups excluding tert-OH is 1. The van der Waals surface area contributed by atoms with E-state index in [0.29, 0.717) is 4.57 Å². The van der Waals surface area contributed by atoms with Gasteiger partial charge in [-0.25, -0.2) is 9.18 Å². The molecule has 1 aliphatic heterocycles. The molecule has 1 aromatic rings. The molecule has 0 spiro atoms. The van der Waals surface area contributed by atoms with E-state index in [1.54, 1.807) is 6.07 Å². The summed E-state index contributed by atoms with van der Waals surface area (Å²) >= 11 is 0. The van der Waals surface area contributed by atoms with Crippen molar-refractivity contribution in [3.8, 4) is 6.07 Å². The first-order valence-corrected chi connectivity index (χ1v) is 7.61. The van der Waals surface area contributed by atoms with Crippen molar-refractivity contribution in [2.24, 2.45) is 0 Å². The van der Waals surface area contributed by atoms with Gasteiger partial charge in [0.05, 0.1) is 6.61 Å². The number of nitrogens with zero attached hydrogens (tertiary/aromatic N) is 2. The number of hydrogen-bond acceptors (Lipinski definition) is 9. The molecule has 2 rings (SSSR count). The third-order valence-electron chi connectivity index (χ3n) is 3.96. The Morgan fingerprint density at radius 1 is 1.37 bits per heavy atom. The number of H-pyrrole nitrogens is 1. The third-order valence-corrected chi connectivity index (χ3v) is 3.96. The normalized spacial score (nSPS) is 29.7. The van der Waals surface area contributed by atoms with E-state index >= 15 is 0 Å². The van der Waals surface area contributed by atoms with Crippen LogP contribution in [0.15, 0.2) is 21.9 Å². The number of alkyl halides is 1. The number of halogens is 1. The summed E-state index contributed by atoms with van der Waals surface area (Å²) in [5, 5.41) is 19.4. The van der Waals surface area contributed by atoms with Crippen LogP contribution in [0.5, 0.6) is 0 Å². The maximum absolute atomic E-state index is 13.9. The lowest BCUT2D eigenvalue weighted by Gasteiger charge is -2.29. The predicted molar refractivity (Wildman–Crippen MR) is 82.9 cm³/mol. The first-order valence-electron chi connectivity index (χ1n) is 7.61. The Bertz CT molecular complexity index is 899. The van der Waals surface area contributed by atoms with E-state index in [9.17, 15) is 33.9 Å². The van der Waals surface area contributed by atoms with Crippen molar-refractivity contribution in [1.82, 2.24) is 9.55 Å². The van der Waals surface area contributed by atoms with E-state index in [1.165, 1.54) is 0 Å². The summed E-state index contributed by atoms with van der Waals surface area (Å²) in [5.41, 5.74) is -6.74. The van der Waals surface area contributed by atoms with E-state index in [2.05, 4.69) is 0 Å². The van der Waals surface area contributed by atoms with Crippen molar-refractivity contribution in [3.63, 3.8) is 0 Å². The van der Waals surface area contributed by atoms with E-state index < -0.39 is 60.0 Å². The first-order chi connectivity index (χ1) is 12.7. The van der Waals surface area contributed by atoms with Gasteiger partial charge >= 0.3 is 17.6 Å². The van der Waals surface area contributed by atoms with Gasteiger partial charge in [0.25, 0.3) is 11.3 Å². The third kappa shape index (κ3) is 3.34. The molecular weight excluding hydrogens is 369 g/mol. The summed E-state index contributed by atoms with van der Waals surface area (Å²) in [6, 6.07) is 2.49. The van der Waals surface area contributed by atoms with Crippen molar-refractivity contribution in [3.05, 3.63) is 33.1 Å². The van der Waals surface area contributed by atoms with Gasteiger partial charge < -0.3 is 19.3 Å². The van der Waals surface area contributed by atoms with Crippen LogP contribution < -0.4 is 11.2 Å². The van der Waals surface area contributed by atoms with E-state index in [1.807, 2.05) is 4.98 Å². The molecule has 11 nitrogen and oxygen atoms in total. The fourth-order valence-corrected chi connectivity index (χ4v) is 2.85. The number of aromatic nitrogens is 2. The second-order valence-corrected chi connectivity index (χ2v) is 5.81. The minimum Gasteiger partial charge on any atom is -0.455 e. The molecule has 1 aliphatic rings. The molecule has 146 valence electrons. The highest BCUT2D eigenvalue weighted by molar-refractivity contribution is 5.68. The monoisotopic (exact) mass is 385 g/mol. The second-order valence-electron chi connectivity index (χ2n) is 5.81. The zero-order chi connectivity index (χ0) is 20.4. The standard InChI is InChI=1S/C15H16FN3O8/c1-8(21)25-11-12(26-9(2)22)15(6-17,27-14(11,5-16)7-20)19-4-3-10(23)18-13(19)24/h3-4,11-12,20H,5,7H2,1-2H3,(H,18,23,24)/t11-,12+,14+,15+/m0/s1. The van der Waals surface area contributed by atoms with Gasteiger partial charge in [-0.15, -0.1) is 0 Å². The SMILES string of the molecule is CC(=O)O[C@@H]1[C@H](OC(C)=O)[C@](CO)(CF)O[C@@]1(C#N)n1ccc(=O)[nH]c1=O. The number of carbonyl (C=O) groups excluding carboxylic acids is 2. The number of esters is 2. The topological polar surface area (TPSA) is 161 Å². The largest absolute Gasteiger partial charge is 0.455 e. The van der Waals surface area contributed by atoms with Gasteiger partial charge in [0.15, 0.2) is 11.7 Å². The lowest BCUT2D eigenvalue weighted by molar-refractivity contribution is -0.181. The molecule has 1 aromatic heterocycles. The molecule has 2 N–H and O–H groups in total. The Morgan fingerprint density at radius 3 is 2.41 bits per heavy atom. The van der Waals surface area contributed by atoms with E-state index in [0.717, 1.165) is 26.1 Å². The minimum atomic E-state index is -2.53. The van der Waals surface area contributed by atoms with Gasteiger partial charge in [0.2, 0.25) is 6.10 Å². The molecule has 1 saturated heterocycles. The summed E-state index contributed by atoms with van der Waals surface area (Å²) in [6.07, 6.45) is -2.71. The molecule has 27 heavy (non-hydrogen) atoms. The Kier molecular flexibility index (Phi) is 5.48. The van der Waals surface area contributed by atoms with Crippen LogP contribution in [0.3, 0.4) is 0 Å². The Morgan fingerprint density at radius 2 is 1.96 bits per heavy atom. The molecule has 0 unspecified atom stereocenters. The molecule has 0 radical (unpaired) electrons. The molecule has 1 fully saturated rings. The predicted octanol–water partition coefficient (Wildman–Crippen LogP) is -1.69. The molecule has 0 aliphatic carbocycles. The Balaban J connectivity index is 2.78. The van der Waals surface area contributed by atoms with E-state index in [4.69, 9.17) is 14.2 Å². The quantitative estimate of drug-likeness (QED) is 0.563. The van der Waals surface area contributed by atoms with E-state index in [-0.39, 0.29) is 0 Å². The fourth-order valence-electron chi connectivity index (χ4n) is 2.85. The lowest BCUT2D eigenvalue weighted by Crippen LogP contribution is -2.53. The number of carbonyl (C=O) groups is 2. The smallest absolute Gasteiger partial charge is 0.331 e. The number of ether oxygens (including phenoxy) is 3. The zero-order valence-corrected chi connectivity index (χ0v) is 14.3. The van der Waals surface area contributed by atoms with Crippen molar-refractivity contribution in [2.75, 3.05) is 13.3 Å². The highest BCUT2D eigenvalue weighted by Crippen LogP contribution is 2.44. The van der Waals surface area contributed by atoms with Crippen molar-refractivity contribution in [1.29, 1.82) is 5.26 Å². The van der Waals surface area contributed by atoms with Crippen molar-refractivity contribution >= 4 is 11.9 Å². The molecule has 0 aromatic carbocycles. The molecule has 0 amide bonds. The van der Waals surface area contributed by atoms with Gasteiger partial charge in [-0.2, -0.15) is 5.26 Å². The summed E-state index contributed by atoms with van der Waals surface area (Å²) in [4.78, 5) is 48.4. The maximum Gasteiger partial charge on any atom is 0.331 e. The highest BCUT2D eigenvalue weighted by Gasteiger charge is 2.68. The van der Waals surface area contributed by atoms with Crippen LogP contribution in [-0.4, -0.2) is 57.7 Å². The van der Waals surface area contributed by atoms with Gasteiger partial charge in [0.1, 0.15) is 12.7 Å². The zero-order valence-electron chi connectivity index (χ0n) is 14.3. The molecule has 4 atom stereocenters. The maximum atomic E-state index is 13.9. The van der Waals surface area contributed by atoms with Gasteiger partial charge in [-0.05, 0) is 0 Å². The average molecular weight is 385 g/mol. The Labute approximate surface area is 150 Å². The molecule has 2 heterocycles. The number of rotatable bonds is 5. The number of aromatic amines is 1. The minimum absolute atomic E-state index is 0.561. The highest BCUT2D eigenvalue weighted by atomic mass is 19.1. The number of nitrogens with one attached hydrogen (secondary N) is 1. The van der Waals surface area contributed by atoms with Crippen molar-refractivity contribution < 1.29 is 33.3 Å². The van der Waals surface area contributed by atoms with Crippen LogP contribution in [0.2, 0.25) is 0 Å². The summed E-state index contributed by atoms with van der Waals surface area (Å²) in [7, 11) is 0. The number of nitriles is 1. The first kappa shape index (κ1) is 20.3. The molecule has 12 heteroatoms. The summed E-state index contributed by atoms with van der Waals surface area (Å²) < 4.78 is 29.9. The van der Waals surface area contributed by atoms with Crippen LogP contribution in [-0.2, 0) is 29.5 Å².